The third-order valence-electron chi connectivity index (χ3n) is 5.47. The van der Waals surface area contributed by atoms with Crippen molar-refractivity contribution in [3.63, 3.8) is 0 Å². The number of rotatable bonds is 11. The molecule has 1 unspecified atom stereocenters. The highest BCUT2D eigenvalue weighted by molar-refractivity contribution is 7.98. The van der Waals surface area contributed by atoms with Crippen LogP contribution in [0.15, 0.2) is 76.3 Å². The number of nitrogens with one attached hydrogen (secondary N) is 1. The zero-order valence-corrected chi connectivity index (χ0v) is 20.7. The Kier molecular flexibility index (Phi) is 8.23. The summed E-state index contributed by atoms with van der Waals surface area (Å²) in [6, 6.07) is 20.9. The zero-order valence-electron chi connectivity index (χ0n) is 19.9. The number of furan rings is 1. The lowest BCUT2D eigenvalue weighted by Gasteiger charge is -2.18. The van der Waals surface area contributed by atoms with Gasteiger partial charge in [-0.25, -0.2) is 0 Å². The summed E-state index contributed by atoms with van der Waals surface area (Å²) < 4.78 is 17.9. The van der Waals surface area contributed by atoms with Crippen LogP contribution in [0, 0.1) is 0 Å². The molecule has 0 radical (unpaired) electrons. The molecule has 0 aliphatic rings. The average molecular weight is 493 g/mol. The Labute approximate surface area is 208 Å². The summed E-state index contributed by atoms with van der Waals surface area (Å²) in [4.78, 5) is 13.0. The van der Waals surface area contributed by atoms with E-state index in [1.165, 1.54) is 0 Å². The second-order valence-corrected chi connectivity index (χ2v) is 8.89. The highest BCUT2D eigenvalue weighted by Crippen LogP contribution is 2.26. The van der Waals surface area contributed by atoms with Gasteiger partial charge in [0.05, 0.1) is 13.2 Å². The van der Waals surface area contributed by atoms with E-state index in [4.69, 9.17) is 13.9 Å². The summed E-state index contributed by atoms with van der Waals surface area (Å²) in [6.45, 7) is 0.304. The number of ether oxygens (including phenoxy) is 2. The van der Waals surface area contributed by atoms with Crippen LogP contribution in [-0.4, -0.2) is 34.9 Å². The van der Waals surface area contributed by atoms with Gasteiger partial charge in [-0.2, -0.15) is 0 Å². The van der Waals surface area contributed by atoms with E-state index in [9.17, 15) is 4.79 Å². The maximum absolute atomic E-state index is 13.0. The number of carbonyl (C=O) groups is 1. The summed E-state index contributed by atoms with van der Waals surface area (Å²) >= 11 is 1.59. The first-order valence-corrected chi connectivity index (χ1v) is 12.1. The third kappa shape index (κ3) is 6.32. The number of nitrogens with zero attached hydrogens (tertiary/aromatic N) is 3. The normalized spacial score (nSPS) is 11.9. The van der Waals surface area contributed by atoms with Crippen LogP contribution in [0.3, 0.4) is 0 Å². The molecule has 2 heterocycles. The molecule has 9 heteroatoms. The van der Waals surface area contributed by atoms with Crippen molar-refractivity contribution in [2.24, 2.45) is 7.05 Å². The topological polar surface area (TPSA) is 91.4 Å². The van der Waals surface area contributed by atoms with Crippen LogP contribution >= 0.6 is 11.8 Å². The van der Waals surface area contributed by atoms with Crippen molar-refractivity contribution in [3.8, 4) is 5.75 Å². The maximum Gasteiger partial charge on any atom is 0.287 e. The van der Waals surface area contributed by atoms with Gasteiger partial charge in [-0.15, -0.1) is 10.2 Å². The molecule has 0 fully saturated rings. The van der Waals surface area contributed by atoms with Crippen molar-refractivity contribution in [3.05, 3.63) is 95.2 Å². The SMILES string of the molecule is COCc1ccc(C(=O)NC(Cc2ccccc2)c2nnc(SCc3ccc(OC)cc3)n2C)o1. The molecule has 0 saturated carbocycles. The first-order chi connectivity index (χ1) is 17.1. The Bertz CT molecular complexity index is 1240. The molecule has 1 atom stereocenters. The minimum Gasteiger partial charge on any atom is -0.497 e. The van der Waals surface area contributed by atoms with E-state index in [-0.39, 0.29) is 11.7 Å². The summed E-state index contributed by atoms with van der Waals surface area (Å²) in [6.07, 6.45) is 0.563. The standard InChI is InChI=1S/C26H28N4O4S/c1-30-24(28-29-26(30)35-17-19-9-11-20(33-3)12-10-19)22(15-18-7-5-4-6-8-18)27-25(31)23-14-13-21(34-23)16-32-2/h4-14,22H,15-17H2,1-3H3,(H,27,31). The Morgan fingerprint density at radius 2 is 1.80 bits per heavy atom. The van der Waals surface area contributed by atoms with E-state index < -0.39 is 6.04 Å². The maximum atomic E-state index is 13.0. The van der Waals surface area contributed by atoms with Gasteiger partial charge in [0.2, 0.25) is 0 Å². The van der Waals surface area contributed by atoms with Crippen LogP contribution in [0.2, 0.25) is 0 Å². The fourth-order valence-corrected chi connectivity index (χ4v) is 4.50. The summed E-state index contributed by atoms with van der Waals surface area (Å²) in [5.41, 5.74) is 2.23. The predicted molar refractivity (Wildman–Crippen MR) is 133 cm³/mol. The van der Waals surface area contributed by atoms with Gasteiger partial charge in [-0.1, -0.05) is 54.2 Å². The van der Waals surface area contributed by atoms with Crippen molar-refractivity contribution in [1.82, 2.24) is 20.1 Å². The number of benzene rings is 2. The van der Waals surface area contributed by atoms with Gasteiger partial charge in [-0.3, -0.25) is 4.79 Å². The van der Waals surface area contributed by atoms with Crippen molar-refractivity contribution in [1.29, 1.82) is 0 Å². The van der Waals surface area contributed by atoms with E-state index in [1.54, 1.807) is 38.1 Å². The quantitative estimate of drug-likeness (QED) is 0.307. The molecule has 0 spiro atoms. The molecule has 4 aromatic rings. The monoisotopic (exact) mass is 492 g/mol. The largest absolute Gasteiger partial charge is 0.497 e. The van der Waals surface area contributed by atoms with Crippen LogP contribution in [0.25, 0.3) is 0 Å². The van der Waals surface area contributed by atoms with E-state index in [0.29, 0.717) is 24.6 Å². The lowest BCUT2D eigenvalue weighted by Crippen LogP contribution is -2.31. The predicted octanol–water partition coefficient (Wildman–Crippen LogP) is 4.57. The Hall–Kier alpha value is -3.56. The highest BCUT2D eigenvalue weighted by Gasteiger charge is 2.24. The van der Waals surface area contributed by atoms with Crippen molar-refractivity contribution in [2.75, 3.05) is 14.2 Å². The van der Waals surface area contributed by atoms with Gasteiger partial charge >= 0.3 is 0 Å². The molecule has 2 aromatic carbocycles. The van der Waals surface area contributed by atoms with Gasteiger partial charge in [0.25, 0.3) is 5.91 Å². The van der Waals surface area contributed by atoms with Crippen molar-refractivity contribution >= 4 is 17.7 Å². The molecule has 8 nitrogen and oxygen atoms in total. The molecule has 0 aliphatic heterocycles. The van der Waals surface area contributed by atoms with Gasteiger partial charge in [-0.05, 0) is 41.8 Å². The first-order valence-electron chi connectivity index (χ1n) is 11.1. The second kappa shape index (κ2) is 11.7. The molecule has 1 N–H and O–H groups in total. The summed E-state index contributed by atoms with van der Waals surface area (Å²) in [5, 5.41) is 12.7. The van der Waals surface area contributed by atoms with Gasteiger partial charge in [0.1, 0.15) is 18.1 Å². The fraction of sp³-hybridized carbons (Fsp3) is 0.269. The molecular weight excluding hydrogens is 464 g/mol. The molecule has 1 amide bonds. The number of carbonyl (C=O) groups excluding carboxylic acids is 1. The van der Waals surface area contributed by atoms with Crippen LogP contribution in [0.1, 0.15) is 39.3 Å². The highest BCUT2D eigenvalue weighted by atomic mass is 32.2. The number of hydrogen-bond donors (Lipinski definition) is 1. The van der Waals surface area contributed by atoms with Gasteiger partial charge < -0.3 is 23.8 Å². The molecule has 4 rings (SSSR count). The molecule has 0 bridgehead atoms. The first kappa shape index (κ1) is 24.6. The number of amides is 1. The van der Waals surface area contributed by atoms with Crippen molar-refractivity contribution < 1.29 is 18.7 Å². The summed E-state index contributed by atoms with van der Waals surface area (Å²) in [5.74, 6) is 2.73. The summed E-state index contributed by atoms with van der Waals surface area (Å²) in [7, 11) is 5.15. The van der Waals surface area contributed by atoms with Crippen LogP contribution in [0.4, 0.5) is 0 Å². The molecule has 2 aromatic heterocycles. The van der Waals surface area contributed by atoms with E-state index in [2.05, 4.69) is 15.5 Å². The van der Waals surface area contributed by atoms with Crippen LogP contribution in [-0.2, 0) is 30.6 Å². The minimum absolute atomic E-state index is 0.228. The average Bonchev–Trinajstić information content (AvgIpc) is 3.50. The number of methoxy groups -OCH3 is 2. The van der Waals surface area contributed by atoms with E-state index in [1.807, 2.05) is 66.2 Å². The smallest absolute Gasteiger partial charge is 0.287 e. The van der Waals surface area contributed by atoms with Gasteiger partial charge in [0.15, 0.2) is 16.7 Å². The number of thioether (sulfide) groups is 1. The molecule has 0 saturated heterocycles. The molecular formula is C26H28N4O4S. The second-order valence-electron chi connectivity index (χ2n) is 7.95. The van der Waals surface area contributed by atoms with E-state index >= 15 is 0 Å². The lowest BCUT2D eigenvalue weighted by molar-refractivity contribution is 0.0897. The lowest BCUT2D eigenvalue weighted by atomic mass is 10.1. The Morgan fingerprint density at radius 3 is 2.51 bits per heavy atom. The minimum atomic E-state index is -0.395. The molecule has 182 valence electrons. The van der Waals surface area contributed by atoms with E-state index in [0.717, 1.165) is 27.8 Å². The Morgan fingerprint density at radius 1 is 1.03 bits per heavy atom. The van der Waals surface area contributed by atoms with Crippen molar-refractivity contribution in [2.45, 2.75) is 30.0 Å². The zero-order chi connectivity index (χ0) is 24.6. The number of aromatic nitrogens is 3. The van der Waals surface area contributed by atoms with Crippen LogP contribution < -0.4 is 10.1 Å². The molecule has 35 heavy (non-hydrogen) atoms. The fourth-order valence-electron chi connectivity index (χ4n) is 3.63. The Balaban J connectivity index is 1.52. The molecule has 0 aliphatic carbocycles. The number of hydrogen-bond acceptors (Lipinski definition) is 7. The van der Waals surface area contributed by atoms with Gasteiger partial charge in [0, 0.05) is 19.9 Å². The van der Waals surface area contributed by atoms with Crippen LogP contribution in [0.5, 0.6) is 5.75 Å². The third-order valence-corrected chi connectivity index (χ3v) is 6.56.